The second-order valence-electron chi connectivity index (χ2n) is 4.34. The highest BCUT2D eigenvalue weighted by Gasteiger charge is 2.24. The van der Waals surface area contributed by atoms with E-state index in [9.17, 15) is 18.9 Å². The van der Waals surface area contributed by atoms with Crippen LogP contribution in [0.25, 0.3) is 11.4 Å². The molecule has 0 aliphatic heterocycles. The van der Waals surface area contributed by atoms with Crippen molar-refractivity contribution in [1.29, 1.82) is 0 Å². The maximum absolute atomic E-state index is 14.2. The van der Waals surface area contributed by atoms with Gasteiger partial charge in [0, 0.05) is 6.54 Å². The van der Waals surface area contributed by atoms with Crippen molar-refractivity contribution in [3.63, 3.8) is 0 Å². The molecule has 1 aromatic heterocycles. The van der Waals surface area contributed by atoms with Crippen LogP contribution in [0.4, 0.5) is 14.5 Å². The van der Waals surface area contributed by atoms with Crippen LogP contribution in [-0.4, -0.2) is 19.7 Å². The number of hydrogen-bond donors (Lipinski definition) is 1. The number of rotatable bonds is 5. The van der Waals surface area contributed by atoms with Gasteiger partial charge in [0.15, 0.2) is 5.82 Å². The highest BCUT2D eigenvalue weighted by atomic mass is 19.1. The highest BCUT2D eigenvalue weighted by Crippen LogP contribution is 2.29. The summed E-state index contributed by atoms with van der Waals surface area (Å²) in [5.41, 5.74) is 4.28. The van der Waals surface area contributed by atoms with Gasteiger partial charge < -0.3 is 10.3 Å². The summed E-state index contributed by atoms with van der Waals surface area (Å²) in [6, 6.07) is 1.39. The Balaban J connectivity index is 2.67. The van der Waals surface area contributed by atoms with Gasteiger partial charge >= 0.3 is 5.69 Å². The fourth-order valence-electron chi connectivity index (χ4n) is 2.01. The van der Waals surface area contributed by atoms with E-state index in [2.05, 4.69) is 10.2 Å². The molecule has 21 heavy (non-hydrogen) atoms. The van der Waals surface area contributed by atoms with Gasteiger partial charge in [0.05, 0.1) is 23.1 Å². The molecule has 0 unspecified atom stereocenters. The summed E-state index contributed by atoms with van der Waals surface area (Å²) < 4.78 is 29.2. The molecule has 1 heterocycles. The second kappa shape index (κ2) is 5.92. The molecule has 112 valence electrons. The molecule has 2 N–H and O–H groups in total. The third kappa shape index (κ3) is 2.72. The van der Waals surface area contributed by atoms with E-state index in [0.717, 1.165) is 6.07 Å². The normalized spacial score (nSPS) is 10.9. The topological polar surface area (TPSA) is 99.9 Å². The third-order valence-corrected chi connectivity index (χ3v) is 2.91. The number of benzene rings is 1. The van der Waals surface area contributed by atoms with Crippen molar-refractivity contribution in [1.82, 2.24) is 14.8 Å². The van der Waals surface area contributed by atoms with Crippen molar-refractivity contribution >= 4 is 5.69 Å². The number of halogens is 2. The van der Waals surface area contributed by atoms with Crippen LogP contribution < -0.4 is 5.73 Å². The first kappa shape index (κ1) is 15.0. The van der Waals surface area contributed by atoms with Gasteiger partial charge in [0.25, 0.3) is 0 Å². The summed E-state index contributed by atoms with van der Waals surface area (Å²) in [6.45, 7) is 2.40. The zero-order valence-electron chi connectivity index (χ0n) is 11.2. The predicted molar refractivity (Wildman–Crippen MR) is 70.2 cm³/mol. The second-order valence-corrected chi connectivity index (χ2v) is 4.34. The Morgan fingerprint density at radius 1 is 1.38 bits per heavy atom. The quantitative estimate of drug-likeness (QED) is 0.672. The molecule has 0 aliphatic carbocycles. The van der Waals surface area contributed by atoms with Crippen LogP contribution in [0.2, 0.25) is 0 Å². The van der Waals surface area contributed by atoms with E-state index in [1.165, 1.54) is 4.57 Å². The first-order valence-electron chi connectivity index (χ1n) is 6.25. The molecule has 9 heteroatoms. The van der Waals surface area contributed by atoms with E-state index in [1.807, 2.05) is 6.92 Å². The van der Waals surface area contributed by atoms with Gasteiger partial charge in [-0.2, -0.15) is 4.39 Å². The summed E-state index contributed by atoms with van der Waals surface area (Å²) in [5.74, 6) is -1.64. The zero-order chi connectivity index (χ0) is 15.6. The minimum Gasteiger partial charge on any atom is -0.324 e. The number of nitro benzene ring substituents is 1. The lowest BCUT2D eigenvalue weighted by Gasteiger charge is -2.09. The molecule has 0 bridgehead atoms. The smallest absolute Gasteiger partial charge is 0.308 e. The van der Waals surface area contributed by atoms with Crippen LogP contribution >= 0.6 is 0 Å². The summed E-state index contributed by atoms with van der Waals surface area (Å²) in [5, 5.41) is 18.4. The van der Waals surface area contributed by atoms with Crippen molar-refractivity contribution in [2.75, 3.05) is 0 Å². The van der Waals surface area contributed by atoms with Crippen LogP contribution in [0.1, 0.15) is 19.2 Å². The maximum atomic E-state index is 14.2. The lowest BCUT2D eigenvalue weighted by atomic mass is 10.1. The molecule has 1 aromatic carbocycles. The molecule has 0 fully saturated rings. The van der Waals surface area contributed by atoms with Crippen molar-refractivity contribution in [2.45, 2.75) is 26.4 Å². The standard InChI is InChI=1S/C12H13F2N5O2/c1-2-3-18-10(6-15)16-17-12(18)8-4-7(13)5-9(11(8)14)19(20)21/h4-5H,2-3,6,15H2,1H3. The van der Waals surface area contributed by atoms with Crippen LogP contribution in [0.15, 0.2) is 12.1 Å². The van der Waals surface area contributed by atoms with Gasteiger partial charge in [-0.1, -0.05) is 6.92 Å². The predicted octanol–water partition coefficient (Wildman–Crippen LogP) is 2.00. The Kier molecular flexibility index (Phi) is 4.22. The zero-order valence-corrected chi connectivity index (χ0v) is 11.2. The molecule has 0 saturated carbocycles. The van der Waals surface area contributed by atoms with Crippen LogP contribution in [-0.2, 0) is 13.1 Å². The van der Waals surface area contributed by atoms with E-state index in [1.54, 1.807) is 0 Å². The fraction of sp³-hybridized carbons (Fsp3) is 0.333. The van der Waals surface area contributed by atoms with Crippen LogP contribution in [0.3, 0.4) is 0 Å². The lowest BCUT2D eigenvalue weighted by Crippen LogP contribution is -2.10. The van der Waals surface area contributed by atoms with Gasteiger partial charge in [-0.25, -0.2) is 4.39 Å². The summed E-state index contributed by atoms with van der Waals surface area (Å²) >= 11 is 0. The van der Waals surface area contributed by atoms with Gasteiger partial charge in [0.2, 0.25) is 5.82 Å². The van der Waals surface area contributed by atoms with E-state index in [-0.39, 0.29) is 17.9 Å². The number of nitro groups is 1. The molecule has 2 aromatic rings. The van der Waals surface area contributed by atoms with Gasteiger partial charge in [-0.3, -0.25) is 10.1 Å². The lowest BCUT2D eigenvalue weighted by molar-refractivity contribution is -0.387. The van der Waals surface area contributed by atoms with E-state index in [0.29, 0.717) is 24.9 Å². The molecule has 0 radical (unpaired) electrons. The average Bonchev–Trinajstić information content (AvgIpc) is 2.84. The summed E-state index contributed by atoms with van der Waals surface area (Å²) in [7, 11) is 0. The summed E-state index contributed by atoms with van der Waals surface area (Å²) in [6.07, 6.45) is 0.692. The number of nitrogens with zero attached hydrogens (tertiary/aromatic N) is 4. The molecule has 2 rings (SSSR count). The Morgan fingerprint density at radius 3 is 2.67 bits per heavy atom. The third-order valence-electron chi connectivity index (χ3n) is 2.91. The van der Waals surface area contributed by atoms with E-state index >= 15 is 0 Å². The number of nitrogens with two attached hydrogens (primary N) is 1. The molecular formula is C12H13F2N5O2. The number of aromatic nitrogens is 3. The molecule has 0 spiro atoms. The molecule has 0 saturated heterocycles. The minimum atomic E-state index is -1.14. The van der Waals surface area contributed by atoms with Gasteiger partial charge in [0.1, 0.15) is 11.6 Å². The Hall–Kier alpha value is -2.42. The van der Waals surface area contributed by atoms with Crippen LogP contribution in [0.5, 0.6) is 0 Å². The van der Waals surface area contributed by atoms with Crippen molar-refractivity contribution in [3.8, 4) is 11.4 Å². The molecule has 7 nitrogen and oxygen atoms in total. The Labute approximate surface area is 118 Å². The maximum Gasteiger partial charge on any atom is 0.308 e. The molecule has 0 amide bonds. The molecular weight excluding hydrogens is 284 g/mol. The fourth-order valence-corrected chi connectivity index (χ4v) is 2.01. The monoisotopic (exact) mass is 297 g/mol. The van der Waals surface area contributed by atoms with Crippen LogP contribution in [0, 0.1) is 21.7 Å². The van der Waals surface area contributed by atoms with Gasteiger partial charge in [-0.15, -0.1) is 10.2 Å². The molecule has 0 atom stereocenters. The van der Waals surface area contributed by atoms with Crippen molar-refractivity contribution in [2.24, 2.45) is 5.73 Å². The van der Waals surface area contributed by atoms with Crippen molar-refractivity contribution in [3.05, 3.63) is 39.7 Å². The Bertz CT molecular complexity index is 687. The highest BCUT2D eigenvalue weighted by molar-refractivity contribution is 5.61. The first-order chi connectivity index (χ1) is 9.99. The Morgan fingerprint density at radius 2 is 2.10 bits per heavy atom. The van der Waals surface area contributed by atoms with Crippen molar-refractivity contribution < 1.29 is 13.7 Å². The SMILES string of the molecule is CCCn1c(CN)nnc1-c1cc(F)cc([N+](=O)[O-])c1F. The van der Waals surface area contributed by atoms with E-state index < -0.39 is 22.2 Å². The average molecular weight is 297 g/mol. The molecule has 0 aliphatic rings. The summed E-state index contributed by atoms with van der Waals surface area (Å²) in [4.78, 5) is 9.79. The number of hydrogen-bond acceptors (Lipinski definition) is 5. The minimum absolute atomic E-state index is 0.0254. The largest absolute Gasteiger partial charge is 0.324 e. The van der Waals surface area contributed by atoms with Gasteiger partial charge in [-0.05, 0) is 12.5 Å². The first-order valence-corrected chi connectivity index (χ1v) is 6.25. The van der Waals surface area contributed by atoms with E-state index in [4.69, 9.17) is 5.73 Å².